The van der Waals surface area contributed by atoms with Crippen molar-refractivity contribution in [1.29, 1.82) is 0 Å². The van der Waals surface area contributed by atoms with Crippen molar-refractivity contribution in [2.75, 3.05) is 0 Å². The minimum Gasteiger partial charge on any atom is -0.894 e. The summed E-state index contributed by atoms with van der Waals surface area (Å²) in [7, 11) is -4.69. The molecule has 0 aromatic rings. The van der Waals surface area contributed by atoms with E-state index in [2.05, 4.69) is 0 Å². The van der Waals surface area contributed by atoms with Gasteiger partial charge in [0.2, 0.25) is 0 Å². The van der Waals surface area contributed by atoms with Crippen molar-refractivity contribution in [2.45, 2.75) is 0 Å². The molecule has 0 bridgehead atoms. The summed E-state index contributed by atoms with van der Waals surface area (Å²) < 4.78 is 9.42. The van der Waals surface area contributed by atoms with E-state index >= 15 is 0 Å². The van der Waals surface area contributed by atoms with Crippen LogP contribution >= 0.6 is 9.55 Å². The van der Waals surface area contributed by atoms with E-state index in [1.54, 1.807) is 0 Å². The predicted octanol–water partition coefficient (Wildman–Crippen LogP) is -7.39. The van der Waals surface area contributed by atoms with Crippen LogP contribution in [0.1, 0.15) is 0 Å². The molecule has 0 aliphatic rings. The van der Waals surface area contributed by atoms with Gasteiger partial charge in [-0.05, 0) is 0 Å². The number of rotatable bonds is 0. The van der Waals surface area contributed by atoms with Gasteiger partial charge in [-0.15, -0.1) is 0 Å². The van der Waals surface area contributed by atoms with Gasteiger partial charge in [0.15, 0.2) is 0 Å². The number of halogens is 1. The van der Waals surface area contributed by atoms with E-state index in [4.69, 9.17) is 19.2 Å². The van der Waals surface area contributed by atoms with Crippen LogP contribution in [0.5, 0.6) is 0 Å². The maximum atomic E-state index is 9.42. The Kier molecular flexibility index (Phi) is 33.1. The molecule has 0 saturated carbocycles. The molecule has 9 heavy (non-hydrogen) atoms. The quantitative estimate of drug-likeness (QED) is 0.328. The molecule has 46 valence electrons. The summed E-state index contributed by atoms with van der Waals surface area (Å²) in [5.41, 5.74) is 0. The molecule has 0 N–H and O–H groups in total. The molecule has 0 fully saturated rings. The van der Waals surface area contributed by atoms with E-state index in [1.807, 2.05) is 0 Å². The molecule has 0 aliphatic carbocycles. The van der Waals surface area contributed by atoms with Crippen LogP contribution in [0.3, 0.4) is 0 Å². The fourth-order valence-electron chi connectivity index (χ4n) is 0. The van der Waals surface area contributed by atoms with E-state index in [9.17, 15) is 4.20 Å². The molecule has 0 heterocycles. The van der Waals surface area contributed by atoms with Crippen LogP contribution in [0, 0.1) is 35.6 Å². The van der Waals surface area contributed by atoms with Crippen LogP contribution in [0.15, 0.2) is 0 Å². The van der Waals surface area contributed by atoms with Crippen LogP contribution in [-0.2, 0) is 0 Å². The summed E-state index contributed by atoms with van der Waals surface area (Å²) in [5, 5.41) is 0. The molecule has 0 aromatic carbocycles. The normalized spacial score (nSPS) is 7.33. The van der Waals surface area contributed by atoms with Crippen molar-refractivity contribution >= 4 is 18.6 Å². The van der Waals surface area contributed by atoms with E-state index < -0.39 is 9.05 Å². The Morgan fingerprint density at radius 2 is 1.00 bits per heavy atom. The Labute approximate surface area is 106 Å². The molecular weight excluding hydrogens is 304 g/mol. The molecule has 0 aliphatic heterocycles. The van der Waals surface area contributed by atoms with Gasteiger partial charge >= 0.3 is 65.2 Å². The Balaban J connectivity index is -0.0000000286. The van der Waals surface area contributed by atoms with E-state index in [0.717, 1.165) is 9.55 Å². The predicted molar refractivity (Wildman–Crippen MR) is 16.6 cm³/mol. The summed E-state index contributed by atoms with van der Waals surface area (Å²) in [6, 6.07) is 0. The topological polar surface area (TPSA) is 92.2 Å². The zero-order valence-electron chi connectivity index (χ0n) is 4.67. The monoisotopic (exact) mass is 306 g/mol. The smallest absolute Gasteiger partial charge is 0.894 e. The molecule has 0 radical (unpaired) electrons. The first-order valence-corrected chi connectivity index (χ1v) is 3.10. The SMILES string of the molecule is FP.[La+3].[Na+].[O-][Si]([O-])([O-])[O-]. The van der Waals surface area contributed by atoms with Gasteiger partial charge in [0.1, 0.15) is 0 Å². The Morgan fingerprint density at radius 3 is 1.00 bits per heavy atom. The Hall–Kier alpha value is 2.61. The molecule has 0 spiro atoms. The average Bonchev–Trinajstić information content (AvgIpc) is 1.36. The van der Waals surface area contributed by atoms with Crippen molar-refractivity contribution in [3.8, 4) is 0 Å². The van der Waals surface area contributed by atoms with E-state index in [0.29, 0.717) is 0 Å². The van der Waals surface area contributed by atoms with Gasteiger partial charge in [-0.25, -0.2) is 4.20 Å². The van der Waals surface area contributed by atoms with E-state index in [-0.39, 0.29) is 65.2 Å². The third kappa shape index (κ3) is 115. The molecular formula is H2FLaNaO4PSi. The van der Waals surface area contributed by atoms with Gasteiger partial charge in [0.05, 0.1) is 9.55 Å². The molecule has 0 amide bonds. The van der Waals surface area contributed by atoms with Gasteiger partial charge in [-0.3, -0.25) is 0 Å². The molecule has 0 aromatic heterocycles. The van der Waals surface area contributed by atoms with E-state index in [1.165, 1.54) is 0 Å². The van der Waals surface area contributed by atoms with Gasteiger partial charge in [-0.1, -0.05) is 0 Å². The maximum absolute atomic E-state index is 9.42. The zero-order valence-corrected chi connectivity index (χ0v) is 12.4. The Bertz CT molecular complexity index is 36.0. The second kappa shape index (κ2) is 13.2. The summed E-state index contributed by atoms with van der Waals surface area (Å²) in [5.74, 6) is 0. The van der Waals surface area contributed by atoms with Crippen molar-refractivity contribution in [2.24, 2.45) is 0 Å². The molecule has 9 heteroatoms. The summed E-state index contributed by atoms with van der Waals surface area (Å²) >= 11 is 0. The van der Waals surface area contributed by atoms with Crippen LogP contribution in [0.2, 0.25) is 0 Å². The third-order valence-electron chi connectivity index (χ3n) is 0. The van der Waals surface area contributed by atoms with Crippen molar-refractivity contribution in [1.82, 2.24) is 0 Å². The first-order valence-electron chi connectivity index (χ1n) is 1.03. The fraction of sp³-hybridized carbons (Fsp3) is 0. The second-order valence-corrected chi connectivity index (χ2v) is 1.50. The largest absolute Gasteiger partial charge is 3.00 e. The Morgan fingerprint density at radius 1 is 1.00 bits per heavy atom. The summed E-state index contributed by atoms with van der Waals surface area (Å²) in [6.45, 7) is 0. The van der Waals surface area contributed by atoms with Crippen LogP contribution in [0.25, 0.3) is 0 Å². The maximum Gasteiger partial charge on any atom is 3.00 e. The molecule has 1 atom stereocenters. The van der Waals surface area contributed by atoms with Gasteiger partial charge in [-0.2, -0.15) is 0 Å². The van der Waals surface area contributed by atoms with Crippen molar-refractivity contribution in [3.05, 3.63) is 0 Å². The molecule has 1 unspecified atom stereocenters. The van der Waals surface area contributed by atoms with Crippen molar-refractivity contribution in [3.63, 3.8) is 0 Å². The fourth-order valence-corrected chi connectivity index (χ4v) is 0. The second-order valence-electron chi connectivity index (χ2n) is 0.500. The minimum absolute atomic E-state index is 0. The number of hydrogen-bond donors (Lipinski definition) is 0. The summed E-state index contributed by atoms with van der Waals surface area (Å²) in [6.07, 6.45) is 0. The minimum atomic E-state index is -5.61. The third-order valence-corrected chi connectivity index (χ3v) is 0. The summed E-state index contributed by atoms with van der Waals surface area (Å²) in [4.78, 5) is 34.3. The molecule has 0 rings (SSSR count). The standard InChI is InChI=1S/FH2P.La.Na.O4Si/c1-2;;;1-5(2,3)4/h2H2;;;/q;+3;+1;-4. The zero-order chi connectivity index (χ0) is 6.50. The first-order chi connectivity index (χ1) is 3.00. The van der Waals surface area contributed by atoms with Crippen molar-refractivity contribution < 1.29 is 88.5 Å². The first kappa shape index (κ1) is 22.6. The molecule has 0 saturated heterocycles. The van der Waals surface area contributed by atoms with Crippen LogP contribution in [0.4, 0.5) is 4.20 Å². The van der Waals surface area contributed by atoms with Gasteiger partial charge < -0.3 is 28.2 Å². The van der Waals surface area contributed by atoms with Crippen LogP contribution < -0.4 is 48.7 Å². The van der Waals surface area contributed by atoms with Crippen LogP contribution in [-0.4, -0.2) is 9.05 Å². The average molecular weight is 306 g/mol. The molecule has 4 nitrogen and oxygen atoms in total. The van der Waals surface area contributed by atoms with Gasteiger partial charge in [0.25, 0.3) is 0 Å². The van der Waals surface area contributed by atoms with Gasteiger partial charge in [0, 0.05) is 0 Å². The number of hydrogen-bond acceptors (Lipinski definition) is 4.